The Kier molecular flexibility index (Phi) is 7.38. The largest absolute Gasteiger partial charge is 0.362 e. The van der Waals surface area contributed by atoms with Gasteiger partial charge in [0.2, 0.25) is 5.91 Å². The predicted octanol–water partition coefficient (Wildman–Crippen LogP) is 3.49. The second kappa shape index (κ2) is 9.75. The maximum atomic E-state index is 12.7. The van der Waals surface area contributed by atoms with Crippen molar-refractivity contribution in [1.29, 1.82) is 0 Å². The van der Waals surface area contributed by atoms with Crippen LogP contribution in [-0.4, -0.2) is 42.1 Å². The fourth-order valence-corrected chi connectivity index (χ4v) is 2.88. The molecule has 26 heavy (non-hydrogen) atoms. The van der Waals surface area contributed by atoms with Gasteiger partial charge < -0.3 is 15.1 Å². The lowest BCUT2D eigenvalue weighted by Gasteiger charge is -2.25. The molecule has 1 heterocycles. The zero-order chi connectivity index (χ0) is 18.9. The van der Waals surface area contributed by atoms with E-state index < -0.39 is 0 Å². The fraction of sp³-hybridized carbons (Fsp3) is 0.450. The molecule has 140 valence electrons. The number of aryl methyl sites for hydroxylation is 1. The van der Waals surface area contributed by atoms with Crippen LogP contribution in [0.25, 0.3) is 0 Å². The van der Waals surface area contributed by atoms with E-state index in [1.165, 1.54) is 0 Å². The van der Waals surface area contributed by atoms with Gasteiger partial charge in [-0.05, 0) is 39.3 Å². The normalized spacial score (nSPS) is 10.5. The number of rotatable bonds is 9. The van der Waals surface area contributed by atoms with Crippen molar-refractivity contribution in [3.63, 3.8) is 0 Å². The van der Waals surface area contributed by atoms with E-state index in [0.717, 1.165) is 37.6 Å². The van der Waals surface area contributed by atoms with E-state index >= 15 is 0 Å². The Hall–Kier alpha value is -2.63. The monoisotopic (exact) mass is 355 g/mol. The molecule has 0 fully saturated rings. The molecule has 2 aromatic rings. The van der Waals surface area contributed by atoms with Crippen molar-refractivity contribution in [2.45, 2.75) is 34.1 Å². The van der Waals surface area contributed by atoms with Crippen LogP contribution in [0.15, 0.2) is 36.5 Å². The Morgan fingerprint density at radius 2 is 1.77 bits per heavy atom. The Labute approximate surface area is 156 Å². The second-order valence-electron chi connectivity index (χ2n) is 6.13. The zero-order valence-electron chi connectivity index (χ0n) is 16.2. The molecule has 0 aliphatic carbocycles. The van der Waals surface area contributed by atoms with Crippen LogP contribution in [0.4, 0.5) is 17.2 Å². The summed E-state index contributed by atoms with van der Waals surface area (Å²) in [5.74, 6) is 1.41. The molecule has 1 aromatic heterocycles. The second-order valence-corrected chi connectivity index (χ2v) is 6.13. The Morgan fingerprint density at radius 3 is 2.38 bits per heavy atom. The highest BCUT2D eigenvalue weighted by molar-refractivity contribution is 5.96. The molecule has 2 rings (SSSR count). The molecule has 0 unspecified atom stereocenters. The minimum Gasteiger partial charge on any atom is -0.362 e. The number of nitrogens with one attached hydrogen (secondary N) is 1. The predicted molar refractivity (Wildman–Crippen MR) is 108 cm³/mol. The first-order chi connectivity index (χ1) is 12.6. The van der Waals surface area contributed by atoms with Crippen molar-refractivity contribution < 1.29 is 4.79 Å². The van der Waals surface area contributed by atoms with Crippen LogP contribution in [0.2, 0.25) is 0 Å². The number of benzene rings is 1. The summed E-state index contributed by atoms with van der Waals surface area (Å²) in [5.41, 5.74) is 1.71. The number of nitrogens with zero attached hydrogens (tertiary/aromatic N) is 4. The van der Waals surface area contributed by atoms with Gasteiger partial charge in [0.1, 0.15) is 11.5 Å². The van der Waals surface area contributed by atoms with E-state index in [-0.39, 0.29) is 5.91 Å². The lowest BCUT2D eigenvalue weighted by Crippen LogP contribution is -2.34. The summed E-state index contributed by atoms with van der Waals surface area (Å²) in [4.78, 5) is 25.7. The molecular weight excluding hydrogens is 326 g/mol. The van der Waals surface area contributed by atoms with E-state index in [1.54, 1.807) is 6.20 Å². The first-order valence-electron chi connectivity index (χ1n) is 9.27. The molecule has 6 nitrogen and oxygen atoms in total. The van der Waals surface area contributed by atoms with Crippen molar-refractivity contribution in [3.8, 4) is 0 Å². The third-order valence-corrected chi connectivity index (χ3v) is 4.18. The summed E-state index contributed by atoms with van der Waals surface area (Å²) >= 11 is 0. The summed E-state index contributed by atoms with van der Waals surface area (Å²) in [6.07, 6.45) is 2.67. The fourth-order valence-electron chi connectivity index (χ4n) is 2.88. The number of para-hydroxylation sites is 1. The van der Waals surface area contributed by atoms with Gasteiger partial charge in [-0.15, -0.1) is 0 Å². The van der Waals surface area contributed by atoms with Crippen molar-refractivity contribution in [3.05, 3.63) is 42.4 Å². The molecule has 0 saturated carbocycles. The minimum atomic E-state index is -0.0665. The Bertz CT molecular complexity index is 701. The minimum absolute atomic E-state index is 0.0665. The van der Waals surface area contributed by atoms with Gasteiger partial charge >= 0.3 is 0 Å². The van der Waals surface area contributed by atoms with Crippen LogP contribution >= 0.6 is 0 Å². The molecule has 6 heteroatoms. The molecule has 0 atom stereocenters. The number of hydrogen-bond acceptors (Lipinski definition) is 5. The Balaban J connectivity index is 2.16. The van der Waals surface area contributed by atoms with E-state index in [4.69, 9.17) is 0 Å². The van der Waals surface area contributed by atoms with Gasteiger partial charge in [-0.2, -0.15) is 0 Å². The van der Waals surface area contributed by atoms with Crippen LogP contribution < -0.4 is 15.1 Å². The van der Waals surface area contributed by atoms with E-state index in [1.807, 2.05) is 37.3 Å². The first-order valence-corrected chi connectivity index (χ1v) is 9.27. The quantitative estimate of drug-likeness (QED) is 0.746. The van der Waals surface area contributed by atoms with E-state index in [9.17, 15) is 4.79 Å². The molecule has 0 bridgehead atoms. The third kappa shape index (κ3) is 5.18. The average Bonchev–Trinajstić information content (AvgIpc) is 2.65. The number of carbonyl (C=O) groups is 1. The maximum absolute atomic E-state index is 12.7. The highest BCUT2D eigenvalue weighted by Gasteiger charge is 2.16. The number of carbonyl (C=O) groups excluding carboxylic acids is 1. The molecule has 0 aliphatic rings. The molecule has 0 aliphatic heterocycles. The lowest BCUT2D eigenvalue weighted by atomic mass is 10.2. The van der Waals surface area contributed by atoms with Crippen LogP contribution in [-0.2, 0) is 4.79 Å². The molecule has 1 N–H and O–H groups in total. The topological polar surface area (TPSA) is 61.4 Å². The van der Waals surface area contributed by atoms with Gasteiger partial charge in [-0.25, -0.2) is 9.97 Å². The highest BCUT2D eigenvalue weighted by Crippen LogP contribution is 2.23. The van der Waals surface area contributed by atoms with Crippen molar-refractivity contribution in [1.82, 2.24) is 9.97 Å². The summed E-state index contributed by atoms with van der Waals surface area (Å²) in [6.45, 7) is 10.9. The van der Waals surface area contributed by atoms with Gasteiger partial charge in [0.15, 0.2) is 5.82 Å². The summed E-state index contributed by atoms with van der Waals surface area (Å²) < 4.78 is 0. The van der Waals surface area contributed by atoms with Crippen LogP contribution in [0.5, 0.6) is 0 Å². The van der Waals surface area contributed by atoms with Crippen LogP contribution in [0.3, 0.4) is 0 Å². The summed E-state index contributed by atoms with van der Waals surface area (Å²) in [7, 11) is 0. The third-order valence-electron chi connectivity index (χ3n) is 4.18. The van der Waals surface area contributed by atoms with Crippen molar-refractivity contribution in [2.75, 3.05) is 41.3 Å². The van der Waals surface area contributed by atoms with Crippen molar-refractivity contribution >= 4 is 23.1 Å². The maximum Gasteiger partial charge on any atom is 0.244 e. The van der Waals surface area contributed by atoms with E-state index in [0.29, 0.717) is 18.1 Å². The molecule has 0 saturated heterocycles. The molecule has 0 radical (unpaired) electrons. The number of anilines is 3. The molecule has 1 aromatic carbocycles. The van der Waals surface area contributed by atoms with Gasteiger partial charge in [-0.1, -0.05) is 25.1 Å². The molecule has 0 spiro atoms. The molecular formula is C20H29N5O. The van der Waals surface area contributed by atoms with Crippen LogP contribution in [0.1, 0.15) is 33.0 Å². The Morgan fingerprint density at radius 1 is 1.08 bits per heavy atom. The standard InChI is InChI=1S/C20H29N5O/c1-5-13-25(17-11-9-8-10-12-17)15-19(26)23-18-14-21-16(4)22-20(18)24(6-2)7-3/h8-12,14H,5-7,13,15H2,1-4H3,(H,23,26). The smallest absolute Gasteiger partial charge is 0.244 e. The number of hydrogen-bond donors (Lipinski definition) is 1. The average molecular weight is 355 g/mol. The number of amides is 1. The van der Waals surface area contributed by atoms with Crippen LogP contribution in [0, 0.1) is 6.92 Å². The van der Waals surface area contributed by atoms with Gasteiger partial charge in [-0.3, -0.25) is 4.79 Å². The van der Waals surface area contributed by atoms with Crippen molar-refractivity contribution in [2.24, 2.45) is 0 Å². The van der Waals surface area contributed by atoms with Gasteiger partial charge in [0, 0.05) is 25.3 Å². The van der Waals surface area contributed by atoms with E-state index in [2.05, 4.69) is 45.9 Å². The molecule has 1 amide bonds. The SMILES string of the molecule is CCCN(CC(=O)Nc1cnc(C)nc1N(CC)CC)c1ccccc1. The van der Waals surface area contributed by atoms with Gasteiger partial charge in [0.25, 0.3) is 0 Å². The summed E-state index contributed by atoms with van der Waals surface area (Å²) in [5, 5.41) is 3.00. The highest BCUT2D eigenvalue weighted by atomic mass is 16.2. The number of aromatic nitrogens is 2. The zero-order valence-corrected chi connectivity index (χ0v) is 16.2. The lowest BCUT2D eigenvalue weighted by molar-refractivity contribution is -0.115. The first kappa shape index (κ1) is 19.7. The van der Waals surface area contributed by atoms with Gasteiger partial charge in [0.05, 0.1) is 12.7 Å². The summed E-state index contributed by atoms with van der Waals surface area (Å²) in [6, 6.07) is 10.0.